The predicted octanol–water partition coefficient (Wildman–Crippen LogP) is -0.951. The van der Waals surface area contributed by atoms with Crippen molar-refractivity contribution in [3.05, 3.63) is 59.7 Å². The highest BCUT2D eigenvalue weighted by molar-refractivity contribution is 6.04. The van der Waals surface area contributed by atoms with Gasteiger partial charge in [-0.3, -0.25) is 25.2 Å². The van der Waals surface area contributed by atoms with E-state index in [0.29, 0.717) is 23.7 Å². The van der Waals surface area contributed by atoms with E-state index in [9.17, 15) is 14.4 Å². The number of carbonyl (C=O) groups is 3. The van der Waals surface area contributed by atoms with Crippen LogP contribution >= 0.6 is 0 Å². The molecule has 31 heavy (non-hydrogen) atoms. The van der Waals surface area contributed by atoms with Crippen molar-refractivity contribution in [3.8, 4) is 0 Å². The Bertz CT molecular complexity index is 1130. The first kappa shape index (κ1) is 20.0. The van der Waals surface area contributed by atoms with Crippen LogP contribution in [0.15, 0.2) is 50.7 Å². The Morgan fingerprint density at radius 2 is 1.84 bits per heavy atom. The number of hydrazine groups is 2. The van der Waals surface area contributed by atoms with Crippen LogP contribution < -0.4 is 22.5 Å². The van der Waals surface area contributed by atoms with Crippen molar-refractivity contribution in [2.75, 3.05) is 0 Å². The molecule has 1 aliphatic rings. The minimum absolute atomic E-state index is 0.331. The molecule has 4 rings (SSSR count). The lowest BCUT2D eigenvalue weighted by atomic mass is 10.1. The van der Waals surface area contributed by atoms with Crippen LogP contribution in [0.1, 0.15) is 45.0 Å². The summed E-state index contributed by atoms with van der Waals surface area (Å²) in [6, 6.07) is 6.32. The molecule has 3 amide bonds. The number of nitrogens with one attached hydrogen (secondary N) is 2. The minimum Gasteiger partial charge on any atom is -0.467 e. The van der Waals surface area contributed by atoms with E-state index in [1.165, 1.54) is 17.5 Å². The van der Waals surface area contributed by atoms with Gasteiger partial charge in [-0.15, -0.1) is 5.10 Å². The highest BCUT2D eigenvalue weighted by Crippen LogP contribution is 2.33. The Morgan fingerprint density at radius 1 is 1.10 bits per heavy atom. The van der Waals surface area contributed by atoms with Gasteiger partial charge in [-0.05, 0) is 24.3 Å². The van der Waals surface area contributed by atoms with Crippen LogP contribution in [-0.4, -0.2) is 43.4 Å². The van der Waals surface area contributed by atoms with Gasteiger partial charge in [0.25, 0.3) is 17.7 Å². The number of furan rings is 2. The van der Waals surface area contributed by atoms with E-state index in [-0.39, 0.29) is 11.4 Å². The van der Waals surface area contributed by atoms with Crippen molar-refractivity contribution in [2.45, 2.75) is 19.0 Å². The van der Waals surface area contributed by atoms with Gasteiger partial charge in [0.2, 0.25) is 0 Å². The fraction of sp³-hybridized carbons (Fsp3) is 0.176. The second-order valence-electron chi connectivity index (χ2n) is 6.39. The molecule has 4 heterocycles. The molecule has 14 heteroatoms. The maximum Gasteiger partial charge on any atom is 0.288 e. The number of hydrogen-bond acceptors (Lipinski definition) is 10. The summed E-state index contributed by atoms with van der Waals surface area (Å²) in [6.07, 6.45) is 3.34. The first-order valence-electron chi connectivity index (χ1n) is 8.95. The van der Waals surface area contributed by atoms with Gasteiger partial charge in [0, 0.05) is 6.42 Å². The largest absolute Gasteiger partial charge is 0.467 e. The molecule has 6 N–H and O–H groups in total. The van der Waals surface area contributed by atoms with Crippen LogP contribution in [0.2, 0.25) is 0 Å². The molecule has 14 nitrogen and oxygen atoms in total. The van der Waals surface area contributed by atoms with E-state index in [1.54, 1.807) is 24.3 Å². The summed E-state index contributed by atoms with van der Waals surface area (Å²) in [5.41, 5.74) is 3.57. The minimum atomic E-state index is -0.875. The number of nitrogens with zero attached hydrogens (tertiary/aromatic N) is 5. The van der Waals surface area contributed by atoms with Gasteiger partial charge in [0.1, 0.15) is 29.8 Å². The topological polar surface area (TPSA) is 200 Å². The number of carbonyl (C=O) groups excluding carboxylic acids is 3. The number of aromatic nitrogens is 3. The number of amides is 3. The van der Waals surface area contributed by atoms with E-state index < -0.39 is 30.3 Å². The van der Waals surface area contributed by atoms with Crippen molar-refractivity contribution in [2.24, 2.45) is 16.8 Å². The number of nitrogen functional groups attached to an aromatic ring is 2. The molecule has 0 bridgehead atoms. The summed E-state index contributed by atoms with van der Waals surface area (Å²) in [5, 5.41) is 12.9. The highest BCUT2D eigenvalue weighted by Gasteiger charge is 2.36. The lowest BCUT2D eigenvalue weighted by Gasteiger charge is -2.20. The molecule has 1 aliphatic heterocycles. The molecule has 3 aromatic rings. The maximum absolute atomic E-state index is 13.1. The Labute approximate surface area is 173 Å². The zero-order valence-electron chi connectivity index (χ0n) is 15.9. The third-order valence-corrected chi connectivity index (χ3v) is 4.56. The summed E-state index contributed by atoms with van der Waals surface area (Å²) in [6.45, 7) is -0.459. The first-order chi connectivity index (χ1) is 15.0. The van der Waals surface area contributed by atoms with Gasteiger partial charge in [-0.25, -0.2) is 21.4 Å². The van der Waals surface area contributed by atoms with Crippen LogP contribution in [0.25, 0.3) is 0 Å². The van der Waals surface area contributed by atoms with E-state index >= 15 is 0 Å². The summed E-state index contributed by atoms with van der Waals surface area (Å²) in [5.74, 6) is 9.03. The molecule has 160 valence electrons. The smallest absolute Gasteiger partial charge is 0.288 e. The van der Waals surface area contributed by atoms with E-state index in [1.807, 2.05) is 10.9 Å². The van der Waals surface area contributed by atoms with Crippen molar-refractivity contribution < 1.29 is 23.2 Å². The van der Waals surface area contributed by atoms with Crippen molar-refractivity contribution in [1.82, 2.24) is 30.9 Å². The lowest BCUT2D eigenvalue weighted by Crippen LogP contribution is -2.38. The monoisotopic (exact) mass is 427 g/mol. The van der Waals surface area contributed by atoms with Crippen LogP contribution in [-0.2, 0) is 11.3 Å². The highest BCUT2D eigenvalue weighted by atomic mass is 16.3. The average molecular weight is 427 g/mol. The third kappa shape index (κ3) is 3.67. The maximum atomic E-state index is 13.1. The fourth-order valence-electron chi connectivity index (χ4n) is 3.17. The van der Waals surface area contributed by atoms with Gasteiger partial charge < -0.3 is 8.83 Å². The number of hydrogen-bond donors (Lipinski definition) is 4. The zero-order chi connectivity index (χ0) is 22.0. The molecule has 0 aliphatic carbocycles. The Morgan fingerprint density at radius 3 is 2.48 bits per heavy atom. The second kappa shape index (κ2) is 8.21. The first-order valence-corrected chi connectivity index (χ1v) is 8.95. The predicted molar refractivity (Wildman–Crippen MR) is 101 cm³/mol. The van der Waals surface area contributed by atoms with Crippen LogP contribution in [0, 0.1) is 0 Å². The van der Waals surface area contributed by atoms with Crippen LogP contribution in [0.4, 0.5) is 0 Å². The van der Waals surface area contributed by atoms with Gasteiger partial charge >= 0.3 is 0 Å². The summed E-state index contributed by atoms with van der Waals surface area (Å²) >= 11 is 0. The lowest BCUT2D eigenvalue weighted by molar-refractivity contribution is -0.134. The van der Waals surface area contributed by atoms with Crippen molar-refractivity contribution >= 4 is 23.4 Å². The SMILES string of the molecule is NNC(=O)c1nnn(CC(=O)N2N=C(c3ccco3)C[C@@H]2c2ccco2)c1C(=O)NN. The summed E-state index contributed by atoms with van der Waals surface area (Å²) in [4.78, 5) is 37.2. The molecule has 3 aromatic heterocycles. The van der Waals surface area contributed by atoms with E-state index in [2.05, 4.69) is 15.4 Å². The quantitative estimate of drug-likeness (QED) is 0.217. The molecular weight excluding hydrogens is 410 g/mol. The molecule has 0 unspecified atom stereocenters. The number of hydrazone groups is 1. The van der Waals surface area contributed by atoms with Crippen molar-refractivity contribution in [3.63, 3.8) is 0 Å². The number of nitrogens with two attached hydrogens (primary N) is 2. The zero-order valence-corrected chi connectivity index (χ0v) is 15.9. The molecular formula is C17H17N9O5. The normalized spacial score (nSPS) is 15.6. The Kier molecular flexibility index (Phi) is 5.30. The molecule has 0 radical (unpaired) electrons. The molecule has 0 spiro atoms. The van der Waals surface area contributed by atoms with E-state index in [4.69, 9.17) is 20.5 Å². The van der Waals surface area contributed by atoms with Gasteiger partial charge in [-0.2, -0.15) is 5.10 Å². The van der Waals surface area contributed by atoms with Crippen LogP contribution in [0.3, 0.4) is 0 Å². The molecule has 0 saturated heterocycles. The molecule has 0 aromatic carbocycles. The van der Waals surface area contributed by atoms with Crippen LogP contribution in [0.5, 0.6) is 0 Å². The van der Waals surface area contributed by atoms with Gasteiger partial charge in [0.05, 0.1) is 12.5 Å². The molecule has 0 saturated carbocycles. The third-order valence-electron chi connectivity index (χ3n) is 4.56. The number of rotatable bonds is 6. The standard InChI is InChI=1S/C17H17N9O5/c18-20-16(28)14-15(17(29)21-19)25(24-22-14)8-13(27)26-10(12-4-2-6-31-12)7-9(23-26)11-3-1-5-30-11/h1-6,10H,7-8,18-19H2,(H,20,28)(H,21,29)/t10-/m1/s1. The van der Waals surface area contributed by atoms with E-state index in [0.717, 1.165) is 4.68 Å². The van der Waals surface area contributed by atoms with Crippen molar-refractivity contribution in [1.29, 1.82) is 0 Å². The fourth-order valence-corrected chi connectivity index (χ4v) is 3.17. The molecule has 1 atom stereocenters. The second-order valence-corrected chi connectivity index (χ2v) is 6.39. The molecule has 0 fully saturated rings. The summed E-state index contributed by atoms with van der Waals surface area (Å²) in [7, 11) is 0. The Hall–Kier alpha value is -4.30. The van der Waals surface area contributed by atoms with Gasteiger partial charge in [0.15, 0.2) is 11.4 Å². The average Bonchev–Trinajstić information content (AvgIpc) is 3.56. The summed E-state index contributed by atoms with van der Waals surface area (Å²) < 4.78 is 11.8. The van der Waals surface area contributed by atoms with Gasteiger partial charge in [-0.1, -0.05) is 5.21 Å². The Balaban J connectivity index is 1.65.